The van der Waals surface area contributed by atoms with Crippen LogP contribution in [0.15, 0.2) is 41.3 Å². The lowest BCUT2D eigenvalue weighted by molar-refractivity contribution is 0.173. The number of piperazine rings is 1. The molecular weight excluding hydrogens is 400 g/mol. The van der Waals surface area contributed by atoms with E-state index in [4.69, 9.17) is 9.47 Å². The molecule has 6 nitrogen and oxygen atoms in total. The second-order valence-electron chi connectivity index (χ2n) is 7.11. The van der Waals surface area contributed by atoms with E-state index < -0.39 is 10.0 Å². The lowest BCUT2D eigenvalue weighted by Gasteiger charge is -2.34. The minimum absolute atomic E-state index is 0. The Bertz CT molecular complexity index is 957. The molecule has 0 N–H and O–H groups in total. The number of hydrogen-bond donors (Lipinski definition) is 0. The second-order valence-corrected chi connectivity index (χ2v) is 9.05. The fraction of sp³-hybridized carbons (Fsp3) is 0.400. The molecule has 2 heterocycles. The Kier molecular flexibility index (Phi) is 6.19. The van der Waals surface area contributed by atoms with Crippen LogP contribution in [0.1, 0.15) is 16.7 Å². The van der Waals surface area contributed by atoms with E-state index in [9.17, 15) is 8.42 Å². The number of ether oxygens (including phenoxy) is 2. The topological polar surface area (TPSA) is 59.1 Å². The summed E-state index contributed by atoms with van der Waals surface area (Å²) in [6, 6.07) is 11.3. The molecule has 2 aliphatic rings. The monoisotopic (exact) mass is 424 g/mol. The highest BCUT2D eigenvalue weighted by Crippen LogP contribution is 2.33. The summed E-state index contributed by atoms with van der Waals surface area (Å²) in [4.78, 5) is 2.65. The van der Waals surface area contributed by atoms with Crippen molar-refractivity contribution in [3.8, 4) is 11.5 Å². The smallest absolute Gasteiger partial charge is 0.243 e. The summed E-state index contributed by atoms with van der Waals surface area (Å²) < 4.78 is 38.2. The van der Waals surface area contributed by atoms with Gasteiger partial charge in [-0.1, -0.05) is 12.1 Å². The Morgan fingerprint density at radius 2 is 1.61 bits per heavy atom. The molecule has 8 heteroatoms. The Labute approximate surface area is 172 Å². The molecule has 0 saturated carbocycles. The average Bonchev–Trinajstić information content (AvgIpc) is 3.12. The Balaban J connectivity index is 0.00000225. The molecule has 152 valence electrons. The van der Waals surface area contributed by atoms with Crippen LogP contribution in [0.25, 0.3) is 0 Å². The summed E-state index contributed by atoms with van der Waals surface area (Å²) in [7, 11) is -3.44. The molecule has 0 bridgehead atoms. The predicted octanol–water partition coefficient (Wildman–Crippen LogP) is 2.96. The standard InChI is InChI=1S/C20H24N2O4S.ClH/c1-15-3-5-18(11-16(15)2)27(23,24)22-9-7-21(8-10-22)13-17-4-6-19-20(12-17)26-14-25-19;/h3-6,11-12H,7-10,13-14H2,1-2H3;1H. The summed E-state index contributed by atoms with van der Waals surface area (Å²) in [5.41, 5.74) is 3.24. The number of fused-ring (bicyclic) bond motifs is 1. The summed E-state index contributed by atoms with van der Waals surface area (Å²) in [6.45, 7) is 7.39. The van der Waals surface area contributed by atoms with Crippen molar-refractivity contribution in [2.45, 2.75) is 25.3 Å². The van der Waals surface area contributed by atoms with Gasteiger partial charge in [-0.05, 0) is 54.8 Å². The highest BCUT2D eigenvalue weighted by Gasteiger charge is 2.28. The highest BCUT2D eigenvalue weighted by molar-refractivity contribution is 7.89. The molecule has 28 heavy (non-hydrogen) atoms. The molecule has 2 aromatic carbocycles. The van der Waals surface area contributed by atoms with E-state index >= 15 is 0 Å². The number of nitrogens with zero attached hydrogens (tertiary/aromatic N) is 2. The molecule has 1 saturated heterocycles. The lowest BCUT2D eigenvalue weighted by atomic mass is 10.1. The average molecular weight is 425 g/mol. The van der Waals surface area contributed by atoms with Crippen LogP contribution in [-0.2, 0) is 16.6 Å². The molecular formula is C20H25ClN2O4S. The van der Waals surface area contributed by atoms with Crippen molar-refractivity contribution in [3.63, 3.8) is 0 Å². The van der Waals surface area contributed by atoms with Gasteiger partial charge in [-0.2, -0.15) is 4.31 Å². The largest absolute Gasteiger partial charge is 0.454 e. The second kappa shape index (κ2) is 8.29. The Hall–Kier alpha value is -1.80. The van der Waals surface area contributed by atoms with Crippen LogP contribution in [0.5, 0.6) is 11.5 Å². The van der Waals surface area contributed by atoms with Crippen LogP contribution in [0.3, 0.4) is 0 Å². The van der Waals surface area contributed by atoms with Crippen molar-refractivity contribution >= 4 is 22.4 Å². The van der Waals surface area contributed by atoms with Gasteiger partial charge in [-0.3, -0.25) is 4.90 Å². The minimum atomic E-state index is -3.44. The molecule has 0 amide bonds. The number of hydrogen-bond acceptors (Lipinski definition) is 5. The van der Waals surface area contributed by atoms with Crippen LogP contribution in [0.4, 0.5) is 0 Å². The maximum Gasteiger partial charge on any atom is 0.243 e. The van der Waals surface area contributed by atoms with Crippen LogP contribution < -0.4 is 9.47 Å². The van der Waals surface area contributed by atoms with Crippen molar-refractivity contribution < 1.29 is 17.9 Å². The third kappa shape index (κ3) is 4.12. The Morgan fingerprint density at radius 3 is 2.32 bits per heavy atom. The SMILES string of the molecule is Cc1ccc(S(=O)(=O)N2CCN(Cc3ccc4c(c3)OCO4)CC2)cc1C.Cl. The van der Waals surface area contributed by atoms with Crippen molar-refractivity contribution in [2.24, 2.45) is 0 Å². The molecule has 0 radical (unpaired) electrons. The van der Waals surface area contributed by atoms with Crippen LogP contribution in [-0.4, -0.2) is 50.6 Å². The molecule has 0 spiro atoms. The van der Waals surface area contributed by atoms with Gasteiger partial charge < -0.3 is 9.47 Å². The van der Waals surface area contributed by atoms with Gasteiger partial charge in [-0.15, -0.1) is 12.4 Å². The first-order chi connectivity index (χ1) is 12.9. The van der Waals surface area contributed by atoms with Gasteiger partial charge in [0, 0.05) is 32.7 Å². The maximum atomic E-state index is 12.9. The molecule has 0 unspecified atom stereocenters. The number of halogens is 1. The van der Waals surface area contributed by atoms with E-state index in [2.05, 4.69) is 4.90 Å². The molecule has 0 aliphatic carbocycles. The van der Waals surface area contributed by atoms with Gasteiger partial charge in [0.1, 0.15) is 0 Å². The maximum absolute atomic E-state index is 12.9. The van der Waals surface area contributed by atoms with Crippen LogP contribution in [0, 0.1) is 13.8 Å². The molecule has 1 fully saturated rings. The summed E-state index contributed by atoms with van der Waals surface area (Å²) in [5.74, 6) is 1.56. The number of rotatable bonds is 4. The van der Waals surface area contributed by atoms with E-state index in [1.54, 1.807) is 16.4 Å². The van der Waals surface area contributed by atoms with Gasteiger partial charge in [-0.25, -0.2) is 8.42 Å². The van der Waals surface area contributed by atoms with Crippen molar-refractivity contribution in [2.75, 3.05) is 33.0 Å². The zero-order valence-corrected chi connectivity index (χ0v) is 17.7. The molecule has 0 atom stereocenters. The van der Waals surface area contributed by atoms with E-state index in [0.29, 0.717) is 31.1 Å². The lowest BCUT2D eigenvalue weighted by Crippen LogP contribution is -2.48. The van der Waals surface area contributed by atoms with E-state index in [0.717, 1.165) is 34.7 Å². The predicted molar refractivity (Wildman–Crippen MR) is 110 cm³/mol. The third-order valence-corrected chi connectivity index (χ3v) is 7.19. The van der Waals surface area contributed by atoms with Gasteiger partial charge in [0.25, 0.3) is 0 Å². The molecule has 4 rings (SSSR count). The van der Waals surface area contributed by atoms with Gasteiger partial charge in [0.2, 0.25) is 16.8 Å². The fourth-order valence-corrected chi connectivity index (χ4v) is 4.96. The zero-order valence-electron chi connectivity index (χ0n) is 16.1. The zero-order chi connectivity index (χ0) is 19.0. The molecule has 0 aromatic heterocycles. The number of benzene rings is 2. The van der Waals surface area contributed by atoms with E-state index in [1.807, 2.05) is 38.1 Å². The number of sulfonamides is 1. The Morgan fingerprint density at radius 1 is 0.893 bits per heavy atom. The van der Waals surface area contributed by atoms with Gasteiger partial charge in [0.15, 0.2) is 11.5 Å². The van der Waals surface area contributed by atoms with Crippen molar-refractivity contribution in [1.29, 1.82) is 0 Å². The summed E-state index contributed by atoms with van der Waals surface area (Å²) in [6.07, 6.45) is 0. The van der Waals surface area contributed by atoms with E-state index in [-0.39, 0.29) is 19.2 Å². The third-order valence-electron chi connectivity index (χ3n) is 5.29. The minimum Gasteiger partial charge on any atom is -0.454 e. The highest BCUT2D eigenvalue weighted by atomic mass is 35.5. The summed E-state index contributed by atoms with van der Waals surface area (Å²) in [5, 5.41) is 0. The molecule has 2 aromatic rings. The first kappa shape index (κ1) is 20.9. The fourth-order valence-electron chi connectivity index (χ4n) is 3.45. The van der Waals surface area contributed by atoms with Crippen molar-refractivity contribution in [3.05, 3.63) is 53.1 Å². The first-order valence-corrected chi connectivity index (χ1v) is 10.6. The van der Waals surface area contributed by atoms with E-state index in [1.165, 1.54) is 0 Å². The van der Waals surface area contributed by atoms with Gasteiger partial charge in [0.05, 0.1) is 4.90 Å². The normalized spacial score (nSPS) is 17.4. The number of aryl methyl sites for hydroxylation is 2. The summed E-state index contributed by atoms with van der Waals surface area (Å²) >= 11 is 0. The molecule has 2 aliphatic heterocycles. The van der Waals surface area contributed by atoms with Crippen LogP contribution in [0.2, 0.25) is 0 Å². The van der Waals surface area contributed by atoms with Crippen LogP contribution >= 0.6 is 12.4 Å². The van der Waals surface area contributed by atoms with Gasteiger partial charge >= 0.3 is 0 Å². The quantitative estimate of drug-likeness (QED) is 0.755. The first-order valence-electron chi connectivity index (χ1n) is 9.12. The van der Waals surface area contributed by atoms with Crippen molar-refractivity contribution in [1.82, 2.24) is 9.21 Å².